The maximum Gasteiger partial charge on any atom is 0.116 e. The van der Waals surface area contributed by atoms with E-state index in [2.05, 4.69) is 0 Å². The fourth-order valence-corrected chi connectivity index (χ4v) is 1.60. The molecule has 72 valence electrons. The number of aliphatic hydroxyl groups is 5. The van der Waals surface area contributed by atoms with E-state index in [0.717, 1.165) is 0 Å². The van der Waals surface area contributed by atoms with Crippen LogP contribution in [0, 0.1) is 5.92 Å². The van der Waals surface area contributed by atoms with Crippen molar-refractivity contribution in [2.45, 2.75) is 24.2 Å². The van der Waals surface area contributed by atoms with Crippen molar-refractivity contribution >= 4 is 0 Å². The first-order valence-electron chi connectivity index (χ1n) is 3.85. The van der Waals surface area contributed by atoms with Gasteiger partial charge in [0.1, 0.15) is 11.7 Å². The minimum Gasteiger partial charge on any atom is -0.396 e. The molecule has 5 nitrogen and oxygen atoms in total. The van der Waals surface area contributed by atoms with Gasteiger partial charge in [0.25, 0.3) is 0 Å². The fourth-order valence-electron chi connectivity index (χ4n) is 1.60. The van der Waals surface area contributed by atoms with E-state index < -0.39 is 30.3 Å². The van der Waals surface area contributed by atoms with Crippen LogP contribution < -0.4 is 0 Å². The number of hydrogen-bond acceptors (Lipinski definition) is 5. The molecule has 0 aromatic carbocycles. The molecule has 0 bridgehead atoms. The van der Waals surface area contributed by atoms with E-state index in [1.54, 1.807) is 0 Å². The summed E-state index contributed by atoms with van der Waals surface area (Å²) in [6.07, 6.45) is -2.52. The van der Waals surface area contributed by atoms with E-state index in [4.69, 9.17) is 10.2 Å². The lowest BCUT2D eigenvalue weighted by molar-refractivity contribution is -0.111. The van der Waals surface area contributed by atoms with Gasteiger partial charge >= 0.3 is 0 Å². The van der Waals surface area contributed by atoms with Crippen LogP contribution in [0.3, 0.4) is 0 Å². The van der Waals surface area contributed by atoms with Gasteiger partial charge in [-0.2, -0.15) is 0 Å². The topological polar surface area (TPSA) is 101 Å². The normalized spacial score (nSPS) is 48.2. The predicted molar refractivity (Wildman–Crippen MR) is 39.2 cm³/mol. The summed E-state index contributed by atoms with van der Waals surface area (Å²) < 4.78 is 0. The maximum absolute atomic E-state index is 9.47. The van der Waals surface area contributed by atoms with Crippen molar-refractivity contribution in [1.82, 2.24) is 0 Å². The third-order valence-electron chi connectivity index (χ3n) is 2.48. The second kappa shape index (κ2) is 3.27. The lowest BCUT2D eigenvalue weighted by Gasteiger charge is -2.24. The molecular formula is C7H14O5. The van der Waals surface area contributed by atoms with Crippen molar-refractivity contribution in [2.75, 3.05) is 13.2 Å². The summed E-state index contributed by atoms with van der Waals surface area (Å²) >= 11 is 0. The molecule has 0 aliphatic heterocycles. The molecule has 5 heteroatoms. The molecule has 1 rings (SSSR count). The van der Waals surface area contributed by atoms with Gasteiger partial charge in [0.2, 0.25) is 0 Å². The number of hydrogen-bond donors (Lipinski definition) is 5. The lowest BCUT2D eigenvalue weighted by Crippen LogP contribution is -2.45. The molecule has 4 unspecified atom stereocenters. The Morgan fingerprint density at radius 2 is 1.83 bits per heavy atom. The Balaban J connectivity index is 2.72. The average molecular weight is 178 g/mol. The molecule has 1 fully saturated rings. The Hall–Kier alpha value is -0.200. The Kier molecular flexibility index (Phi) is 2.70. The smallest absolute Gasteiger partial charge is 0.116 e. The quantitative estimate of drug-likeness (QED) is 0.320. The second-order valence-corrected chi connectivity index (χ2v) is 3.34. The van der Waals surface area contributed by atoms with Gasteiger partial charge in [0.15, 0.2) is 0 Å². The zero-order valence-electron chi connectivity index (χ0n) is 6.59. The van der Waals surface area contributed by atoms with Crippen LogP contribution in [0.1, 0.15) is 6.42 Å². The molecule has 0 saturated heterocycles. The molecule has 0 aromatic heterocycles. The van der Waals surface area contributed by atoms with Gasteiger partial charge in [-0.05, 0) is 6.42 Å². The Labute approximate surface area is 69.9 Å². The van der Waals surface area contributed by atoms with Crippen LogP contribution in [0.25, 0.3) is 0 Å². The Morgan fingerprint density at radius 1 is 1.25 bits per heavy atom. The highest BCUT2D eigenvalue weighted by atomic mass is 16.4. The van der Waals surface area contributed by atoms with E-state index in [0.29, 0.717) is 0 Å². The summed E-state index contributed by atoms with van der Waals surface area (Å²) in [7, 11) is 0. The summed E-state index contributed by atoms with van der Waals surface area (Å²) in [4.78, 5) is 0. The fraction of sp³-hybridized carbons (Fsp3) is 1.00. The first-order chi connectivity index (χ1) is 5.55. The molecule has 1 aliphatic carbocycles. The van der Waals surface area contributed by atoms with Crippen LogP contribution in [0.15, 0.2) is 0 Å². The maximum atomic E-state index is 9.47. The van der Waals surface area contributed by atoms with Gasteiger partial charge < -0.3 is 25.5 Å². The Bertz CT molecular complexity index is 162. The van der Waals surface area contributed by atoms with Crippen LogP contribution in [0.5, 0.6) is 0 Å². The first kappa shape index (κ1) is 9.88. The van der Waals surface area contributed by atoms with Crippen LogP contribution in [0.4, 0.5) is 0 Å². The van der Waals surface area contributed by atoms with Gasteiger partial charge in [0, 0.05) is 12.5 Å². The van der Waals surface area contributed by atoms with Crippen molar-refractivity contribution in [3.05, 3.63) is 0 Å². The molecule has 0 spiro atoms. The van der Waals surface area contributed by atoms with Gasteiger partial charge in [0.05, 0.1) is 12.7 Å². The SMILES string of the molecule is OCC1CC(O)(CO)C(O)C1O. The molecule has 5 N–H and O–H groups in total. The summed E-state index contributed by atoms with van der Waals surface area (Å²) in [5, 5.41) is 45.4. The summed E-state index contributed by atoms with van der Waals surface area (Å²) in [5.74, 6) is -0.558. The average Bonchev–Trinajstić information content (AvgIpc) is 2.31. The summed E-state index contributed by atoms with van der Waals surface area (Å²) in [6, 6.07) is 0. The van der Waals surface area contributed by atoms with Crippen molar-refractivity contribution in [3.63, 3.8) is 0 Å². The van der Waals surface area contributed by atoms with E-state index in [9.17, 15) is 15.3 Å². The van der Waals surface area contributed by atoms with Gasteiger partial charge in [-0.25, -0.2) is 0 Å². The number of rotatable bonds is 2. The molecule has 0 amide bonds. The highest BCUT2D eigenvalue weighted by Crippen LogP contribution is 2.34. The summed E-state index contributed by atoms with van der Waals surface area (Å²) in [6.45, 7) is -0.914. The highest BCUT2D eigenvalue weighted by molar-refractivity contribution is 5.01. The minimum absolute atomic E-state index is 0.0162. The molecule has 12 heavy (non-hydrogen) atoms. The van der Waals surface area contributed by atoms with Crippen LogP contribution in [-0.4, -0.2) is 56.6 Å². The third kappa shape index (κ3) is 1.34. The van der Waals surface area contributed by atoms with Crippen LogP contribution >= 0.6 is 0 Å². The number of aliphatic hydroxyl groups excluding tert-OH is 4. The van der Waals surface area contributed by atoms with Crippen molar-refractivity contribution in [2.24, 2.45) is 5.92 Å². The largest absolute Gasteiger partial charge is 0.396 e. The molecule has 1 aliphatic rings. The highest BCUT2D eigenvalue weighted by Gasteiger charge is 2.50. The monoisotopic (exact) mass is 178 g/mol. The zero-order chi connectivity index (χ0) is 9.35. The predicted octanol–water partition coefficient (Wildman–Crippen LogP) is -2.56. The van der Waals surface area contributed by atoms with Crippen LogP contribution in [-0.2, 0) is 0 Å². The molecule has 0 aromatic rings. The molecule has 0 radical (unpaired) electrons. The zero-order valence-corrected chi connectivity index (χ0v) is 6.59. The Morgan fingerprint density at radius 3 is 2.08 bits per heavy atom. The van der Waals surface area contributed by atoms with E-state index in [-0.39, 0.29) is 13.0 Å². The first-order valence-corrected chi connectivity index (χ1v) is 3.85. The van der Waals surface area contributed by atoms with Crippen molar-refractivity contribution in [3.8, 4) is 0 Å². The molecule has 1 saturated carbocycles. The van der Waals surface area contributed by atoms with Gasteiger partial charge in [-0.15, -0.1) is 0 Å². The van der Waals surface area contributed by atoms with Crippen LogP contribution in [0.2, 0.25) is 0 Å². The van der Waals surface area contributed by atoms with Crippen molar-refractivity contribution in [1.29, 1.82) is 0 Å². The van der Waals surface area contributed by atoms with Gasteiger partial charge in [-0.3, -0.25) is 0 Å². The van der Waals surface area contributed by atoms with E-state index in [1.165, 1.54) is 0 Å². The van der Waals surface area contributed by atoms with E-state index in [1.807, 2.05) is 0 Å². The summed E-state index contributed by atoms with van der Waals surface area (Å²) in [5.41, 5.74) is -1.66. The molecular weight excluding hydrogens is 164 g/mol. The van der Waals surface area contributed by atoms with E-state index >= 15 is 0 Å². The van der Waals surface area contributed by atoms with Gasteiger partial charge in [-0.1, -0.05) is 0 Å². The minimum atomic E-state index is -1.66. The molecule has 4 atom stereocenters. The van der Waals surface area contributed by atoms with Crippen molar-refractivity contribution < 1.29 is 25.5 Å². The third-order valence-corrected chi connectivity index (χ3v) is 2.48. The lowest BCUT2D eigenvalue weighted by atomic mass is 10.0. The standard InChI is InChI=1S/C7H14O5/c8-2-4-1-7(12,3-9)6(11)5(4)10/h4-6,8-12H,1-3H2. The second-order valence-electron chi connectivity index (χ2n) is 3.34. The molecule has 0 heterocycles.